The van der Waals surface area contributed by atoms with Crippen molar-refractivity contribution in [3.63, 3.8) is 0 Å². The summed E-state index contributed by atoms with van der Waals surface area (Å²) in [5.41, 5.74) is 2.65. The Labute approximate surface area is 142 Å². The molecule has 0 N–H and O–H groups in total. The van der Waals surface area contributed by atoms with E-state index >= 15 is 0 Å². The standard InChI is InChI=1S/C15H11O.C5H5.Fe/c1-12(16)15-10-8-14(9-11-15)7-6-13-4-2-3-5-13;1-2-4-5-3-1;/h2-5,8-11H,1H3;1-5H;/q2*-1;+2. The van der Waals surface area contributed by atoms with Crippen LogP contribution >= 0.6 is 0 Å². The number of ketones is 1. The Kier molecular flexibility index (Phi) is 7.71. The van der Waals surface area contributed by atoms with Gasteiger partial charge in [-0.25, -0.2) is 12.1 Å². The minimum absolute atomic E-state index is 0. The predicted octanol–water partition coefficient (Wildman–Crippen LogP) is 4.41. The summed E-state index contributed by atoms with van der Waals surface area (Å²) >= 11 is 0. The summed E-state index contributed by atoms with van der Waals surface area (Å²) in [7, 11) is 0. The van der Waals surface area contributed by atoms with Gasteiger partial charge in [0.05, 0.1) is 0 Å². The minimum Gasteiger partial charge on any atom is -0.295 e. The third-order valence-corrected chi connectivity index (χ3v) is 2.86. The summed E-state index contributed by atoms with van der Waals surface area (Å²) in [6.45, 7) is 1.56. The second-order valence-electron chi connectivity index (χ2n) is 4.52. The summed E-state index contributed by atoms with van der Waals surface area (Å²) in [5.74, 6) is 6.19. The zero-order valence-corrected chi connectivity index (χ0v) is 13.4. The van der Waals surface area contributed by atoms with E-state index in [4.69, 9.17) is 0 Å². The number of carbonyl (C=O) groups is 1. The van der Waals surface area contributed by atoms with Gasteiger partial charge in [0.15, 0.2) is 5.78 Å². The largest absolute Gasteiger partial charge is 2.00 e. The van der Waals surface area contributed by atoms with Crippen LogP contribution in [0.15, 0.2) is 78.9 Å². The van der Waals surface area contributed by atoms with E-state index in [0.717, 1.165) is 16.7 Å². The molecule has 3 aromatic carbocycles. The van der Waals surface area contributed by atoms with Crippen molar-refractivity contribution in [2.45, 2.75) is 6.92 Å². The first-order valence-electron chi connectivity index (χ1n) is 6.77. The molecule has 0 radical (unpaired) electrons. The first-order chi connectivity index (χ1) is 10.3. The summed E-state index contributed by atoms with van der Waals surface area (Å²) in [5, 5.41) is 0. The van der Waals surface area contributed by atoms with Crippen molar-refractivity contribution in [2.75, 3.05) is 0 Å². The maximum atomic E-state index is 11.1. The molecule has 0 atom stereocenters. The van der Waals surface area contributed by atoms with E-state index in [0.29, 0.717) is 0 Å². The molecule has 0 aliphatic heterocycles. The smallest absolute Gasteiger partial charge is 0.295 e. The number of hydrogen-bond donors (Lipinski definition) is 0. The fourth-order valence-corrected chi connectivity index (χ4v) is 1.71. The fourth-order valence-electron chi connectivity index (χ4n) is 1.71. The molecular weight excluding hydrogens is 312 g/mol. The molecule has 0 aliphatic carbocycles. The molecule has 0 saturated carbocycles. The number of rotatable bonds is 1. The fraction of sp³-hybridized carbons (Fsp3) is 0.0500. The van der Waals surface area contributed by atoms with Crippen LogP contribution in [0.4, 0.5) is 0 Å². The molecule has 22 heavy (non-hydrogen) atoms. The van der Waals surface area contributed by atoms with Crippen molar-refractivity contribution >= 4 is 5.78 Å². The summed E-state index contributed by atoms with van der Waals surface area (Å²) in [6, 6.07) is 25.2. The van der Waals surface area contributed by atoms with E-state index in [1.54, 1.807) is 19.1 Å². The van der Waals surface area contributed by atoms with Crippen LogP contribution < -0.4 is 0 Å². The molecule has 0 amide bonds. The van der Waals surface area contributed by atoms with Gasteiger partial charge in [-0.15, -0.1) is 12.1 Å². The van der Waals surface area contributed by atoms with Gasteiger partial charge >= 0.3 is 17.1 Å². The van der Waals surface area contributed by atoms with E-state index in [2.05, 4.69) is 11.8 Å². The van der Waals surface area contributed by atoms with E-state index in [-0.39, 0.29) is 22.9 Å². The van der Waals surface area contributed by atoms with Gasteiger partial charge < -0.3 is 0 Å². The van der Waals surface area contributed by atoms with Gasteiger partial charge in [-0.2, -0.15) is 42.2 Å². The molecule has 110 valence electrons. The van der Waals surface area contributed by atoms with E-state index < -0.39 is 0 Å². The Balaban J connectivity index is 0.000000344. The number of hydrogen-bond acceptors (Lipinski definition) is 1. The zero-order chi connectivity index (χ0) is 14.9. The number of benzene rings is 1. The van der Waals surface area contributed by atoms with Crippen molar-refractivity contribution in [1.29, 1.82) is 0 Å². The molecule has 0 bridgehead atoms. The third kappa shape index (κ3) is 5.97. The Morgan fingerprint density at radius 1 is 1.00 bits per heavy atom. The maximum Gasteiger partial charge on any atom is 2.00 e. The van der Waals surface area contributed by atoms with Crippen molar-refractivity contribution in [3.05, 3.63) is 95.6 Å². The average molecular weight is 328 g/mol. The van der Waals surface area contributed by atoms with Crippen LogP contribution in [-0.2, 0) is 17.1 Å². The molecule has 1 nitrogen and oxygen atoms in total. The van der Waals surface area contributed by atoms with E-state index in [1.165, 1.54) is 0 Å². The molecule has 3 aromatic rings. The molecule has 0 unspecified atom stereocenters. The number of Topliss-reactive ketones (excluding diaryl/α,β-unsaturated/α-hetero) is 1. The molecule has 0 aliphatic rings. The van der Waals surface area contributed by atoms with E-state index in [9.17, 15) is 4.79 Å². The molecule has 0 saturated heterocycles. The summed E-state index contributed by atoms with van der Waals surface area (Å²) in [4.78, 5) is 11.1. The molecule has 3 rings (SSSR count). The molecule has 0 fully saturated rings. The van der Waals surface area contributed by atoms with Gasteiger partial charge in [0.25, 0.3) is 0 Å². The van der Waals surface area contributed by atoms with Gasteiger partial charge in [0, 0.05) is 5.56 Å². The summed E-state index contributed by atoms with van der Waals surface area (Å²) in [6.07, 6.45) is 0. The Morgan fingerprint density at radius 3 is 2.05 bits per heavy atom. The van der Waals surface area contributed by atoms with Gasteiger partial charge in [0.1, 0.15) is 0 Å². The third-order valence-electron chi connectivity index (χ3n) is 2.86. The van der Waals surface area contributed by atoms with Crippen LogP contribution in [0.2, 0.25) is 0 Å². The van der Waals surface area contributed by atoms with Crippen LogP contribution in [0.3, 0.4) is 0 Å². The van der Waals surface area contributed by atoms with Crippen molar-refractivity contribution in [3.8, 4) is 11.8 Å². The first kappa shape index (κ1) is 17.7. The predicted molar refractivity (Wildman–Crippen MR) is 86.5 cm³/mol. The van der Waals surface area contributed by atoms with Crippen LogP contribution in [0.25, 0.3) is 0 Å². The van der Waals surface area contributed by atoms with Crippen molar-refractivity contribution in [1.82, 2.24) is 0 Å². The van der Waals surface area contributed by atoms with Gasteiger partial charge in [-0.1, -0.05) is 29.8 Å². The topological polar surface area (TPSA) is 17.1 Å². The van der Waals surface area contributed by atoms with Crippen molar-refractivity contribution < 1.29 is 21.9 Å². The number of carbonyl (C=O) groups excluding carboxylic acids is 1. The van der Waals surface area contributed by atoms with Crippen LogP contribution in [0.5, 0.6) is 0 Å². The monoisotopic (exact) mass is 328 g/mol. The van der Waals surface area contributed by atoms with Crippen molar-refractivity contribution in [2.24, 2.45) is 0 Å². The molecule has 0 aromatic heterocycles. The van der Waals surface area contributed by atoms with Gasteiger partial charge in [-0.3, -0.25) is 4.79 Å². The average Bonchev–Trinajstić information content (AvgIpc) is 3.21. The summed E-state index contributed by atoms with van der Waals surface area (Å²) < 4.78 is 0. The normalized spacial score (nSPS) is 8.59. The Bertz CT molecular complexity index is 691. The quantitative estimate of drug-likeness (QED) is 0.280. The van der Waals surface area contributed by atoms with Gasteiger partial charge in [-0.05, 0) is 12.5 Å². The second kappa shape index (κ2) is 9.58. The molecule has 0 spiro atoms. The molecule has 2 heteroatoms. The van der Waals surface area contributed by atoms with Crippen LogP contribution in [0.1, 0.15) is 28.4 Å². The maximum absolute atomic E-state index is 11.1. The van der Waals surface area contributed by atoms with Crippen LogP contribution in [0, 0.1) is 11.8 Å². The Hall–Kier alpha value is -2.33. The van der Waals surface area contributed by atoms with E-state index in [1.807, 2.05) is 66.7 Å². The van der Waals surface area contributed by atoms with Gasteiger partial charge in [0.2, 0.25) is 0 Å². The minimum atomic E-state index is 0. The molecular formula is C20H16FeO. The molecule has 0 heterocycles. The SMILES string of the molecule is CC(=O)c1ccc(C#C[c-]2cccc2)cc1.[Fe+2].c1cc[cH-]c1. The Morgan fingerprint density at radius 2 is 1.59 bits per heavy atom. The van der Waals surface area contributed by atoms with Crippen LogP contribution in [-0.4, -0.2) is 5.78 Å². The first-order valence-corrected chi connectivity index (χ1v) is 6.77. The zero-order valence-electron chi connectivity index (χ0n) is 12.3. The second-order valence-corrected chi connectivity index (χ2v) is 4.52.